The smallest absolute Gasteiger partial charge is 0.292 e. The van der Waals surface area contributed by atoms with Gasteiger partial charge in [0.2, 0.25) is 0 Å². The van der Waals surface area contributed by atoms with Gasteiger partial charge in [-0.3, -0.25) is 9.48 Å². The number of furan rings is 1. The van der Waals surface area contributed by atoms with E-state index in [0.29, 0.717) is 28.2 Å². The minimum Gasteiger partial charge on any atom is -0.486 e. The molecule has 4 rings (SSSR count). The molecule has 0 aliphatic heterocycles. The van der Waals surface area contributed by atoms with Crippen molar-refractivity contribution in [3.63, 3.8) is 0 Å². The summed E-state index contributed by atoms with van der Waals surface area (Å²) >= 11 is 12.4. The molecule has 0 fully saturated rings. The summed E-state index contributed by atoms with van der Waals surface area (Å²) < 4.78 is 13.1. The summed E-state index contributed by atoms with van der Waals surface area (Å²) in [6, 6.07) is 16.3. The Morgan fingerprint density at radius 3 is 2.50 bits per heavy atom. The number of ether oxygens (including phenoxy) is 1. The van der Waals surface area contributed by atoms with E-state index >= 15 is 0 Å². The molecule has 32 heavy (non-hydrogen) atoms. The molecule has 1 amide bonds. The molecule has 0 spiro atoms. The van der Waals surface area contributed by atoms with Crippen LogP contribution in [0.3, 0.4) is 0 Å². The van der Waals surface area contributed by atoms with Crippen LogP contribution >= 0.6 is 23.2 Å². The molecule has 2 heterocycles. The number of amides is 1. The zero-order valence-corrected chi connectivity index (χ0v) is 19.1. The third kappa shape index (κ3) is 5.33. The van der Waals surface area contributed by atoms with E-state index < -0.39 is 5.91 Å². The molecule has 164 valence electrons. The highest BCUT2D eigenvalue weighted by Crippen LogP contribution is 2.25. The standard InChI is InChI=1S/C24H21Cl2N3O3/c1-15-10-16(2)12-18(11-15)31-14-17-6-7-22(32-17)24(30)27-23-8-9-29(28-23)13-19-20(25)4-3-5-21(19)26/h3-12H,13-14H2,1-2H3,(H,27,28,30). The average Bonchev–Trinajstić information content (AvgIpc) is 3.38. The number of aryl methyl sites for hydroxylation is 2. The molecule has 2 aromatic heterocycles. The molecule has 1 N–H and O–H groups in total. The van der Waals surface area contributed by atoms with Crippen LogP contribution in [0.1, 0.15) is 33.0 Å². The number of hydrogen-bond acceptors (Lipinski definition) is 4. The maximum atomic E-state index is 12.5. The Kier molecular flexibility index (Phi) is 6.53. The van der Waals surface area contributed by atoms with E-state index in [1.165, 1.54) is 0 Å². The molecule has 0 bridgehead atoms. The number of carbonyl (C=O) groups excluding carboxylic acids is 1. The van der Waals surface area contributed by atoms with E-state index in [0.717, 1.165) is 22.4 Å². The zero-order chi connectivity index (χ0) is 22.7. The number of rotatable bonds is 7. The van der Waals surface area contributed by atoms with Crippen LogP contribution in [0.2, 0.25) is 10.0 Å². The number of halogens is 2. The van der Waals surface area contributed by atoms with Gasteiger partial charge in [0, 0.05) is 27.9 Å². The van der Waals surface area contributed by atoms with Crippen LogP contribution in [-0.2, 0) is 13.2 Å². The van der Waals surface area contributed by atoms with Crippen molar-refractivity contribution >= 4 is 34.9 Å². The van der Waals surface area contributed by atoms with Crippen LogP contribution in [0, 0.1) is 13.8 Å². The lowest BCUT2D eigenvalue weighted by molar-refractivity contribution is 0.0992. The van der Waals surface area contributed by atoms with Gasteiger partial charge in [0.1, 0.15) is 18.1 Å². The molecule has 0 unspecified atom stereocenters. The predicted octanol–water partition coefficient (Wildman–Crippen LogP) is 6.28. The summed E-state index contributed by atoms with van der Waals surface area (Å²) in [6.45, 7) is 4.64. The Hall–Kier alpha value is -3.22. The average molecular weight is 470 g/mol. The van der Waals surface area contributed by atoms with E-state index in [1.807, 2.05) is 26.0 Å². The van der Waals surface area contributed by atoms with Gasteiger partial charge in [-0.15, -0.1) is 0 Å². The Bertz CT molecular complexity index is 1220. The van der Waals surface area contributed by atoms with Crippen LogP contribution in [0.15, 0.2) is 65.2 Å². The fourth-order valence-corrected chi connectivity index (χ4v) is 3.80. The van der Waals surface area contributed by atoms with Gasteiger partial charge in [-0.25, -0.2) is 0 Å². The summed E-state index contributed by atoms with van der Waals surface area (Å²) in [5.41, 5.74) is 3.00. The van der Waals surface area contributed by atoms with Gasteiger partial charge in [-0.05, 0) is 61.4 Å². The highest BCUT2D eigenvalue weighted by molar-refractivity contribution is 6.35. The monoisotopic (exact) mass is 469 g/mol. The fraction of sp³-hybridized carbons (Fsp3) is 0.167. The number of benzene rings is 2. The van der Waals surface area contributed by atoms with Gasteiger partial charge < -0.3 is 14.5 Å². The molecule has 0 aliphatic carbocycles. The molecule has 0 aliphatic rings. The molecule has 2 aromatic carbocycles. The van der Waals surface area contributed by atoms with Crippen molar-refractivity contribution < 1.29 is 13.9 Å². The van der Waals surface area contributed by atoms with E-state index in [9.17, 15) is 4.79 Å². The minimum atomic E-state index is -0.399. The number of hydrogen-bond donors (Lipinski definition) is 1. The van der Waals surface area contributed by atoms with Crippen molar-refractivity contribution in [2.45, 2.75) is 27.0 Å². The summed E-state index contributed by atoms with van der Waals surface area (Å²) in [7, 11) is 0. The molecule has 4 aromatic rings. The first-order chi connectivity index (χ1) is 15.4. The largest absolute Gasteiger partial charge is 0.486 e. The number of aromatic nitrogens is 2. The maximum Gasteiger partial charge on any atom is 0.292 e. The van der Waals surface area contributed by atoms with Gasteiger partial charge >= 0.3 is 0 Å². The second kappa shape index (κ2) is 9.51. The molecular weight excluding hydrogens is 449 g/mol. The van der Waals surface area contributed by atoms with Crippen molar-refractivity contribution in [1.82, 2.24) is 9.78 Å². The quantitative estimate of drug-likeness (QED) is 0.345. The third-order valence-corrected chi connectivity index (χ3v) is 5.43. The van der Waals surface area contributed by atoms with Crippen LogP contribution in [0.5, 0.6) is 5.75 Å². The molecule has 0 radical (unpaired) electrons. The summed E-state index contributed by atoms with van der Waals surface area (Å²) in [5, 5.41) is 8.20. The minimum absolute atomic E-state index is 0.174. The maximum absolute atomic E-state index is 12.5. The predicted molar refractivity (Wildman–Crippen MR) is 125 cm³/mol. The normalized spacial score (nSPS) is 10.9. The van der Waals surface area contributed by atoms with E-state index in [-0.39, 0.29) is 12.4 Å². The van der Waals surface area contributed by atoms with Gasteiger partial charge in [-0.2, -0.15) is 5.10 Å². The molecule has 6 nitrogen and oxygen atoms in total. The highest BCUT2D eigenvalue weighted by atomic mass is 35.5. The Morgan fingerprint density at radius 1 is 1.06 bits per heavy atom. The molecule has 8 heteroatoms. The van der Waals surface area contributed by atoms with Gasteiger partial charge in [-0.1, -0.05) is 35.3 Å². The molecule has 0 atom stereocenters. The highest BCUT2D eigenvalue weighted by Gasteiger charge is 2.14. The summed E-state index contributed by atoms with van der Waals surface area (Å²) in [4.78, 5) is 12.5. The number of carbonyl (C=O) groups is 1. The van der Waals surface area contributed by atoms with E-state index in [2.05, 4.69) is 16.5 Å². The van der Waals surface area contributed by atoms with Crippen molar-refractivity contribution in [3.8, 4) is 5.75 Å². The molecular formula is C24H21Cl2N3O3. The summed E-state index contributed by atoms with van der Waals surface area (Å²) in [5.74, 6) is 1.47. The first kappa shape index (κ1) is 22.0. The Labute approximate surface area is 195 Å². The van der Waals surface area contributed by atoms with Gasteiger partial charge in [0.15, 0.2) is 11.6 Å². The van der Waals surface area contributed by atoms with E-state index in [4.69, 9.17) is 32.4 Å². The first-order valence-corrected chi connectivity index (χ1v) is 10.7. The lowest BCUT2D eigenvalue weighted by atomic mass is 10.1. The lowest BCUT2D eigenvalue weighted by Crippen LogP contribution is -2.12. The SMILES string of the molecule is Cc1cc(C)cc(OCc2ccc(C(=O)Nc3ccn(Cc4c(Cl)cccc4Cl)n3)o2)c1. The first-order valence-electron chi connectivity index (χ1n) is 9.95. The van der Waals surface area contributed by atoms with Crippen molar-refractivity contribution in [1.29, 1.82) is 0 Å². The van der Waals surface area contributed by atoms with Crippen LogP contribution < -0.4 is 10.1 Å². The number of nitrogens with zero attached hydrogens (tertiary/aromatic N) is 2. The van der Waals surface area contributed by atoms with Gasteiger partial charge in [0.25, 0.3) is 5.91 Å². The Morgan fingerprint density at radius 2 is 1.78 bits per heavy atom. The third-order valence-electron chi connectivity index (χ3n) is 4.73. The Balaban J connectivity index is 1.36. The number of nitrogens with one attached hydrogen (secondary N) is 1. The van der Waals surface area contributed by atoms with E-state index in [1.54, 1.807) is 47.3 Å². The van der Waals surface area contributed by atoms with Crippen LogP contribution in [0.25, 0.3) is 0 Å². The van der Waals surface area contributed by atoms with Crippen molar-refractivity contribution in [3.05, 3.63) is 99.1 Å². The zero-order valence-electron chi connectivity index (χ0n) is 17.6. The summed E-state index contributed by atoms with van der Waals surface area (Å²) in [6.07, 6.45) is 1.74. The van der Waals surface area contributed by atoms with Crippen molar-refractivity contribution in [2.75, 3.05) is 5.32 Å². The lowest BCUT2D eigenvalue weighted by Gasteiger charge is -2.07. The van der Waals surface area contributed by atoms with Gasteiger partial charge in [0.05, 0.1) is 6.54 Å². The number of anilines is 1. The fourth-order valence-electron chi connectivity index (χ4n) is 3.29. The molecule has 0 saturated heterocycles. The molecule has 0 saturated carbocycles. The van der Waals surface area contributed by atoms with Crippen molar-refractivity contribution in [2.24, 2.45) is 0 Å². The second-order valence-corrected chi connectivity index (χ2v) is 8.25. The van der Waals surface area contributed by atoms with Crippen LogP contribution in [-0.4, -0.2) is 15.7 Å². The van der Waals surface area contributed by atoms with Crippen LogP contribution in [0.4, 0.5) is 5.82 Å². The second-order valence-electron chi connectivity index (χ2n) is 7.43. The topological polar surface area (TPSA) is 69.3 Å².